The summed E-state index contributed by atoms with van der Waals surface area (Å²) < 4.78 is 17.0. The molecule has 0 aliphatic rings. The number of ketones is 1. The van der Waals surface area contributed by atoms with Crippen LogP contribution in [0.15, 0.2) is 24.3 Å². The SMILES string of the molecule is COC(=O)CCCn1c(C)cc(C(=O)COc2ccc(OC)cc2[N+](=O)[O-])c1C. The minimum Gasteiger partial charge on any atom is -0.496 e. The Kier molecular flexibility index (Phi) is 7.35. The third-order valence-corrected chi connectivity index (χ3v) is 4.59. The Morgan fingerprint density at radius 1 is 1.17 bits per heavy atom. The lowest BCUT2D eigenvalue weighted by atomic mass is 10.1. The third kappa shape index (κ3) is 5.34. The van der Waals surface area contributed by atoms with Crippen LogP contribution in [0, 0.1) is 24.0 Å². The number of carbonyl (C=O) groups is 2. The van der Waals surface area contributed by atoms with Gasteiger partial charge in [0.1, 0.15) is 5.75 Å². The zero-order valence-corrected chi connectivity index (χ0v) is 16.9. The van der Waals surface area contributed by atoms with Crippen molar-refractivity contribution < 1.29 is 28.7 Å². The summed E-state index contributed by atoms with van der Waals surface area (Å²) in [6.45, 7) is 3.93. The van der Waals surface area contributed by atoms with E-state index in [1.165, 1.54) is 32.4 Å². The monoisotopic (exact) mass is 404 g/mol. The first kappa shape index (κ1) is 21.9. The van der Waals surface area contributed by atoms with E-state index in [2.05, 4.69) is 4.74 Å². The summed E-state index contributed by atoms with van der Waals surface area (Å²) in [5.41, 5.74) is 1.85. The van der Waals surface area contributed by atoms with Crippen molar-refractivity contribution in [1.29, 1.82) is 0 Å². The van der Waals surface area contributed by atoms with Crippen molar-refractivity contribution in [2.75, 3.05) is 20.8 Å². The highest BCUT2D eigenvalue weighted by molar-refractivity contribution is 5.98. The first-order valence-corrected chi connectivity index (χ1v) is 9.00. The predicted molar refractivity (Wildman–Crippen MR) is 105 cm³/mol. The summed E-state index contributed by atoms with van der Waals surface area (Å²) in [7, 11) is 2.75. The summed E-state index contributed by atoms with van der Waals surface area (Å²) >= 11 is 0. The number of nitrogens with zero attached hydrogens (tertiary/aromatic N) is 2. The van der Waals surface area contributed by atoms with Crippen molar-refractivity contribution in [2.24, 2.45) is 0 Å². The highest BCUT2D eigenvalue weighted by Gasteiger charge is 2.20. The number of aryl methyl sites for hydroxylation is 1. The molecule has 9 nitrogen and oxygen atoms in total. The Morgan fingerprint density at radius 2 is 1.90 bits per heavy atom. The Balaban J connectivity index is 2.09. The molecule has 29 heavy (non-hydrogen) atoms. The fraction of sp³-hybridized carbons (Fsp3) is 0.400. The summed E-state index contributed by atoms with van der Waals surface area (Å²) in [4.78, 5) is 34.5. The van der Waals surface area contributed by atoms with Gasteiger partial charge in [0.25, 0.3) is 0 Å². The molecule has 2 rings (SSSR count). The van der Waals surface area contributed by atoms with E-state index in [4.69, 9.17) is 9.47 Å². The number of esters is 1. The lowest BCUT2D eigenvalue weighted by molar-refractivity contribution is -0.385. The number of hydrogen-bond acceptors (Lipinski definition) is 7. The van der Waals surface area contributed by atoms with Gasteiger partial charge in [-0.05, 0) is 38.5 Å². The van der Waals surface area contributed by atoms with Crippen molar-refractivity contribution in [3.8, 4) is 11.5 Å². The molecule has 0 saturated heterocycles. The Hall–Kier alpha value is -3.36. The van der Waals surface area contributed by atoms with Gasteiger partial charge in [0.2, 0.25) is 5.78 Å². The van der Waals surface area contributed by atoms with Crippen molar-refractivity contribution in [3.63, 3.8) is 0 Å². The topological polar surface area (TPSA) is 110 Å². The van der Waals surface area contributed by atoms with Gasteiger partial charge >= 0.3 is 11.7 Å². The predicted octanol–water partition coefficient (Wildman–Crippen LogP) is 3.24. The lowest BCUT2D eigenvalue weighted by Crippen LogP contribution is -2.14. The van der Waals surface area contributed by atoms with Crippen molar-refractivity contribution in [2.45, 2.75) is 33.2 Å². The molecule has 0 amide bonds. The second-order valence-electron chi connectivity index (χ2n) is 6.42. The zero-order valence-electron chi connectivity index (χ0n) is 16.9. The molecule has 0 aliphatic heterocycles. The maximum absolute atomic E-state index is 12.6. The van der Waals surface area contributed by atoms with Crippen molar-refractivity contribution in [1.82, 2.24) is 4.57 Å². The minimum absolute atomic E-state index is 0.00367. The molecule has 0 aliphatic carbocycles. The van der Waals surface area contributed by atoms with Crippen LogP contribution in [0.2, 0.25) is 0 Å². The molecule has 1 aromatic heterocycles. The maximum atomic E-state index is 12.6. The van der Waals surface area contributed by atoms with Crippen molar-refractivity contribution >= 4 is 17.4 Å². The van der Waals surface area contributed by atoms with Crippen LogP contribution in [0.5, 0.6) is 11.5 Å². The number of benzene rings is 1. The van der Waals surface area contributed by atoms with Crippen LogP contribution in [0.1, 0.15) is 34.6 Å². The van der Waals surface area contributed by atoms with Crippen LogP contribution < -0.4 is 9.47 Å². The van der Waals surface area contributed by atoms with E-state index in [0.29, 0.717) is 30.7 Å². The number of nitro groups is 1. The summed E-state index contributed by atoms with van der Waals surface area (Å²) in [6.07, 6.45) is 0.881. The molecule has 0 fully saturated rings. The van der Waals surface area contributed by atoms with Crippen LogP contribution in [-0.4, -0.2) is 42.1 Å². The lowest BCUT2D eigenvalue weighted by Gasteiger charge is -2.10. The first-order chi connectivity index (χ1) is 13.8. The Morgan fingerprint density at radius 3 is 2.52 bits per heavy atom. The summed E-state index contributed by atoms with van der Waals surface area (Å²) in [5, 5.41) is 11.2. The van der Waals surface area contributed by atoms with Gasteiger partial charge in [-0.2, -0.15) is 0 Å². The zero-order chi connectivity index (χ0) is 21.6. The number of ether oxygens (including phenoxy) is 3. The van der Waals surface area contributed by atoms with Gasteiger partial charge < -0.3 is 18.8 Å². The van der Waals surface area contributed by atoms with E-state index in [0.717, 1.165) is 11.4 Å². The highest BCUT2D eigenvalue weighted by Crippen LogP contribution is 2.31. The fourth-order valence-electron chi connectivity index (χ4n) is 3.02. The number of Topliss-reactive ketones (excluding diaryl/α,β-unsaturated/α-hetero) is 1. The average Bonchev–Trinajstić information content (AvgIpc) is 2.99. The number of nitro benzene ring substituents is 1. The van der Waals surface area contributed by atoms with Crippen LogP contribution in [0.4, 0.5) is 5.69 Å². The van der Waals surface area contributed by atoms with Gasteiger partial charge in [-0.15, -0.1) is 0 Å². The molecule has 9 heteroatoms. The number of rotatable bonds is 10. The van der Waals surface area contributed by atoms with Gasteiger partial charge in [-0.3, -0.25) is 19.7 Å². The summed E-state index contributed by atoms with van der Waals surface area (Å²) in [5.74, 6) is -0.248. The summed E-state index contributed by atoms with van der Waals surface area (Å²) in [6, 6.07) is 5.93. The first-order valence-electron chi connectivity index (χ1n) is 9.00. The van der Waals surface area contributed by atoms with Gasteiger partial charge in [0.15, 0.2) is 12.4 Å². The fourth-order valence-corrected chi connectivity index (χ4v) is 3.02. The molecule has 1 heterocycles. The minimum atomic E-state index is -0.588. The van der Waals surface area contributed by atoms with Crippen molar-refractivity contribution in [3.05, 3.63) is 51.3 Å². The standard InChI is InChI=1S/C20H24N2O7/c1-13-10-16(14(2)21(13)9-5-6-20(24)28-4)18(23)12-29-19-8-7-15(27-3)11-17(19)22(25)26/h7-8,10-11H,5-6,9,12H2,1-4H3. The number of methoxy groups -OCH3 is 2. The van der Waals surface area contributed by atoms with Crippen LogP contribution in [-0.2, 0) is 16.1 Å². The molecule has 0 radical (unpaired) electrons. The quantitative estimate of drug-likeness (QED) is 0.259. The van der Waals surface area contributed by atoms with E-state index in [1.54, 1.807) is 6.07 Å². The van der Waals surface area contributed by atoms with E-state index < -0.39 is 4.92 Å². The third-order valence-electron chi connectivity index (χ3n) is 4.59. The Bertz CT molecular complexity index is 918. The van der Waals surface area contributed by atoms with Gasteiger partial charge in [-0.1, -0.05) is 0 Å². The number of aromatic nitrogens is 1. The molecule has 0 saturated carbocycles. The van der Waals surface area contributed by atoms with Crippen LogP contribution >= 0.6 is 0 Å². The van der Waals surface area contributed by atoms with Gasteiger partial charge in [0, 0.05) is 29.9 Å². The van der Waals surface area contributed by atoms with Crippen LogP contribution in [0.3, 0.4) is 0 Å². The van der Waals surface area contributed by atoms with E-state index >= 15 is 0 Å². The van der Waals surface area contributed by atoms with Crippen LogP contribution in [0.25, 0.3) is 0 Å². The molecule has 0 N–H and O–H groups in total. The molecule has 0 bridgehead atoms. The molecular formula is C20H24N2O7. The van der Waals surface area contributed by atoms with Gasteiger partial charge in [-0.25, -0.2) is 0 Å². The molecule has 0 atom stereocenters. The number of carbonyl (C=O) groups excluding carboxylic acids is 2. The Labute approximate surface area is 168 Å². The normalized spacial score (nSPS) is 10.5. The number of hydrogen-bond donors (Lipinski definition) is 0. The second-order valence-corrected chi connectivity index (χ2v) is 6.42. The van der Waals surface area contributed by atoms with E-state index in [9.17, 15) is 19.7 Å². The molecular weight excluding hydrogens is 380 g/mol. The highest BCUT2D eigenvalue weighted by atomic mass is 16.6. The average molecular weight is 404 g/mol. The molecule has 1 aromatic carbocycles. The molecule has 2 aromatic rings. The van der Waals surface area contributed by atoms with Gasteiger partial charge in [0.05, 0.1) is 25.2 Å². The second kappa shape index (κ2) is 9.72. The maximum Gasteiger partial charge on any atom is 0.314 e. The largest absolute Gasteiger partial charge is 0.496 e. The van der Waals surface area contributed by atoms with E-state index in [1.807, 2.05) is 18.4 Å². The molecule has 0 spiro atoms. The molecule has 0 unspecified atom stereocenters. The van der Waals surface area contributed by atoms with E-state index in [-0.39, 0.29) is 29.8 Å². The molecule has 156 valence electrons. The smallest absolute Gasteiger partial charge is 0.314 e.